The zero-order valence-electron chi connectivity index (χ0n) is 12.0. The highest BCUT2D eigenvalue weighted by Gasteiger charge is 2.12. The second-order valence-electron chi connectivity index (χ2n) is 4.82. The van der Waals surface area contributed by atoms with Gasteiger partial charge in [-0.05, 0) is 41.5 Å². The Balaban J connectivity index is 2.65. The van der Waals surface area contributed by atoms with Crippen molar-refractivity contribution in [2.45, 2.75) is 40.0 Å². The largest absolute Gasteiger partial charge is 0.507 e. The summed E-state index contributed by atoms with van der Waals surface area (Å²) in [4.78, 5) is 0. The van der Waals surface area contributed by atoms with Gasteiger partial charge in [-0.3, -0.25) is 0 Å². The third-order valence-electron chi connectivity index (χ3n) is 3.80. The number of rotatable bonds is 4. The minimum Gasteiger partial charge on any atom is -0.507 e. The Bertz CT molecular complexity index is 570. The number of aryl methyl sites for hydroxylation is 2. The molecular formula is C18H22O. The van der Waals surface area contributed by atoms with Crippen LogP contribution in [0.2, 0.25) is 0 Å². The summed E-state index contributed by atoms with van der Waals surface area (Å²) in [6.07, 6.45) is 2.88. The molecule has 1 N–H and O–H groups in total. The SMILES string of the molecule is CCc1cccc(-c2cccc(CC)c2CC)c1O. The molecule has 0 bridgehead atoms. The number of phenolic OH excluding ortho intramolecular Hbond substituents is 1. The van der Waals surface area contributed by atoms with Crippen LogP contribution in [0.1, 0.15) is 37.5 Å². The topological polar surface area (TPSA) is 20.2 Å². The van der Waals surface area contributed by atoms with E-state index in [0.717, 1.165) is 30.4 Å². The van der Waals surface area contributed by atoms with Crippen LogP contribution in [0.3, 0.4) is 0 Å². The molecule has 0 aliphatic carbocycles. The molecule has 19 heavy (non-hydrogen) atoms. The molecule has 0 aliphatic rings. The van der Waals surface area contributed by atoms with Gasteiger partial charge in [0.05, 0.1) is 0 Å². The Morgan fingerprint density at radius 1 is 0.737 bits per heavy atom. The van der Waals surface area contributed by atoms with E-state index in [4.69, 9.17) is 0 Å². The molecule has 0 saturated heterocycles. The van der Waals surface area contributed by atoms with Crippen LogP contribution < -0.4 is 0 Å². The van der Waals surface area contributed by atoms with Crippen molar-refractivity contribution in [3.8, 4) is 16.9 Å². The van der Waals surface area contributed by atoms with E-state index in [1.807, 2.05) is 18.2 Å². The Hall–Kier alpha value is -1.76. The number of hydrogen-bond acceptors (Lipinski definition) is 1. The minimum atomic E-state index is 0.438. The normalized spacial score (nSPS) is 10.7. The lowest BCUT2D eigenvalue weighted by Gasteiger charge is -2.15. The third kappa shape index (κ3) is 2.51. The summed E-state index contributed by atoms with van der Waals surface area (Å²) in [7, 11) is 0. The van der Waals surface area contributed by atoms with Crippen molar-refractivity contribution in [3.05, 3.63) is 53.1 Å². The first-order chi connectivity index (χ1) is 9.22. The van der Waals surface area contributed by atoms with E-state index >= 15 is 0 Å². The van der Waals surface area contributed by atoms with Crippen LogP contribution >= 0.6 is 0 Å². The van der Waals surface area contributed by atoms with E-state index in [0.29, 0.717) is 5.75 Å². The van der Waals surface area contributed by atoms with Gasteiger partial charge in [0.15, 0.2) is 0 Å². The van der Waals surface area contributed by atoms with Crippen molar-refractivity contribution in [2.75, 3.05) is 0 Å². The Morgan fingerprint density at radius 2 is 1.32 bits per heavy atom. The molecular weight excluding hydrogens is 232 g/mol. The first kappa shape index (κ1) is 13.7. The molecule has 1 nitrogen and oxygen atoms in total. The number of hydrogen-bond donors (Lipinski definition) is 1. The number of benzene rings is 2. The number of phenols is 1. The molecule has 0 unspecified atom stereocenters. The lowest BCUT2D eigenvalue weighted by atomic mass is 9.91. The van der Waals surface area contributed by atoms with Crippen molar-refractivity contribution in [2.24, 2.45) is 0 Å². The third-order valence-corrected chi connectivity index (χ3v) is 3.80. The molecule has 0 radical (unpaired) electrons. The maximum atomic E-state index is 10.4. The van der Waals surface area contributed by atoms with Gasteiger partial charge in [-0.2, -0.15) is 0 Å². The second kappa shape index (κ2) is 5.92. The Morgan fingerprint density at radius 3 is 1.89 bits per heavy atom. The molecule has 0 amide bonds. The Labute approximate surface area is 115 Å². The van der Waals surface area contributed by atoms with Crippen LogP contribution in [-0.4, -0.2) is 5.11 Å². The highest BCUT2D eigenvalue weighted by Crippen LogP contribution is 2.35. The summed E-state index contributed by atoms with van der Waals surface area (Å²) in [5, 5.41) is 10.4. The molecule has 0 fully saturated rings. The van der Waals surface area contributed by atoms with Crippen LogP contribution in [-0.2, 0) is 19.3 Å². The fourth-order valence-electron chi connectivity index (χ4n) is 2.73. The summed E-state index contributed by atoms with van der Waals surface area (Å²) >= 11 is 0. The van der Waals surface area contributed by atoms with Crippen LogP contribution in [0, 0.1) is 0 Å². The van der Waals surface area contributed by atoms with Gasteiger partial charge >= 0.3 is 0 Å². The van der Waals surface area contributed by atoms with Crippen molar-refractivity contribution in [3.63, 3.8) is 0 Å². The van der Waals surface area contributed by atoms with Gasteiger partial charge in [0.2, 0.25) is 0 Å². The lowest BCUT2D eigenvalue weighted by molar-refractivity contribution is 0.471. The van der Waals surface area contributed by atoms with E-state index < -0.39 is 0 Å². The second-order valence-corrected chi connectivity index (χ2v) is 4.82. The van der Waals surface area contributed by atoms with E-state index in [9.17, 15) is 5.11 Å². The predicted octanol–water partition coefficient (Wildman–Crippen LogP) is 4.75. The van der Waals surface area contributed by atoms with Crippen molar-refractivity contribution in [1.82, 2.24) is 0 Å². The maximum Gasteiger partial charge on any atom is 0.126 e. The first-order valence-electron chi connectivity index (χ1n) is 7.14. The molecule has 0 aliphatic heterocycles. The van der Waals surface area contributed by atoms with Gasteiger partial charge in [-0.1, -0.05) is 57.2 Å². The van der Waals surface area contributed by atoms with E-state index in [1.54, 1.807) is 0 Å². The molecule has 0 heterocycles. The quantitative estimate of drug-likeness (QED) is 0.835. The standard InChI is InChI=1S/C18H22O/c1-4-13-9-7-11-16(15(13)6-3)17-12-8-10-14(5-2)18(17)19/h7-12,19H,4-6H2,1-3H3. The van der Waals surface area contributed by atoms with Crippen molar-refractivity contribution >= 4 is 0 Å². The van der Waals surface area contributed by atoms with Gasteiger partial charge in [0.1, 0.15) is 5.75 Å². The van der Waals surface area contributed by atoms with Crippen molar-refractivity contribution < 1.29 is 5.11 Å². The van der Waals surface area contributed by atoms with Gasteiger partial charge in [-0.15, -0.1) is 0 Å². The fraction of sp³-hybridized carbons (Fsp3) is 0.333. The van der Waals surface area contributed by atoms with Crippen LogP contribution in [0.25, 0.3) is 11.1 Å². The monoisotopic (exact) mass is 254 g/mol. The predicted molar refractivity (Wildman–Crippen MR) is 81.7 cm³/mol. The summed E-state index contributed by atoms with van der Waals surface area (Å²) in [6, 6.07) is 12.4. The first-order valence-corrected chi connectivity index (χ1v) is 7.14. The zero-order chi connectivity index (χ0) is 13.8. The average Bonchev–Trinajstić information content (AvgIpc) is 2.46. The molecule has 2 aromatic carbocycles. The van der Waals surface area contributed by atoms with E-state index in [2.05, 4.69) is 39.0 Å². The molecule has 1 heteroatoms. The van der Waals surface area contributed by atoms with Gasteiger partial charge in [0.25, 0.3) is 0 Å². The maximum absolute atomic E-state index is 10.4. The van der Waals surface area contributed by atoms with E-state index in [1.165, 1.54) is 16.7 Å². The molecule has 2 aromatic rings. The Kier molecular flexibility index (Phi) is 4.26. The summed E-state index contributed by atoms with van der Waals surface area (Å²) in [5.74, 6) is 0.438. The van der Waals surface area contributed by atoms with Gasteiger partial charge < -0.3 is 5.11 Å². The summed E-state index contributed by atoms with van der Waals surface area (Å²) < 4.78 is 0. The fourth-order valence-corrected chi connectivity index (χ4v) is 2.73. The molecule has 0 spiro atoms. The van der Waals surface area contributed by atoms with Crippen LogP contribution in [0.4, 0.5) is 0 Å². The number of aromatic hydroxyl groups is 1. The molecule has 0 aromatic heterocycles. The van der Waals surface area contributed by atoms with Gasteiger partial charge in [0, 0.05) is 5.56 Å². The zero-order valence-corrected chi connectivity index (χ0v) is 12.0. The number of para-hydroxylation sites is 1. The smallest absolute Gasteiger partial charge is 0.126 e. The van der Waals surface area contributed by atoms with Gasteiger partial charge in [-0.25, -0.2) is 0 Å². The summed E-state index contributed by atoms with van der Waals surface area (Å²) in [5.41, 5.74) is 5.89. The lowest BCUT2D eigenvalue weighted by Crippen LogP contribution is -1.96. The van der Waals surface area contributed by atoms with Crippen LogP contribution in [0.15, 0.2) is 36.4 Å². The summed E-state index contributed by atoms with van der Waals surface area (Å²) in [6.45, 7) is 6.43. The molecule has 0 saturated carbocycles. The van der Waals surface area contributed by atoms with Crippen molar-refractivity contribution in [1.29, 1.82) is 0 Å². The molecule has 2 rings (SSSR count). The minimum absolute atomic E-state index is 0.438. The average molecular weight is 254 g/mol. The molecule has 0 atom stereocenters. The van der Waals surface area contributed by atoms with Crippen LogP contribution in [0.5, 0.6) is 5.75 Å². The van der Waals surface area contributed by atoms with E-state index in [-0.39, 0.29) is 0 Å². The highest BCUT2D eigenvalue weighted by atomic mass is 16.3. The molecule has 100 valence electrons. The highest BCUT2D eigenvalue weighted by molar-refractivity contribution is 5.75.